The number of thiazole rings is 1. The van der Waals surface area contributed by atoms with E-state index in [1.807, 2.05) is 37.3 Å². The topological polar surface area (TPSA) is 84.8 Å². The summed E-state index contributed by atoms with van der Waals surface area (Å²) in [5.41, 5.74) is 1.67. The average molecular weight is 521 g/mol. The van der Waals surface area contributed by atoms with Gasteiger partial charge in [0, 0.05) is 10.6 Å². The Bertz CT molecular complexity index is 1290. The molecular formula is C21H14Cl2N4O2S3. The van der Waals surface area contributed by atoms with E-state index in [0.29, 0.717) is 30.8 Å². The maximum Gasteiger partial charge on any atom is 0.277 e. The first-order chi connectivity index (χ1) is 15.4. The summed E-state index contributed by atoms with van der Waals surface area (Å²) in [6.45, 7) is 1.86. The number of thioether (sulfide) groups is 1. The number of hydrogen-bond acceptors (Lipinski definition) is 8. The van der Waals surface area contributed by atoms with Gasteiger partial charge in [-0.25, -0.2) is 4.98 Å². The van der Waals surface area contributed by atoms with Crippen LogP contribution in [-0.4, -0.2) is 32.6 Å². The summed E-state index contributed by atoms with van der Waals surface area (Å²) >= 11 is 15.8. The Morgan fingerprint density at radius 2 is 1.84 bits per heavy atom. The van der Waals surface area contributed by atoms with Crippen molar-refractivity contribution in [3.63, 3.8) is 0 Å². The van der Waals surface area contributed by atoms with Crippen molar-refractivity contribution < 1.29 is 9.59 Å². The Hall–Kier alpha value is -2.30. The summed E-state index contributed by atoms with van der Waals surface area (Å²) in [6, 6.07) is 14.4. The number of rotatable bonds is 7. The number of Topliss-reactive ketones (excluding diaryl/α,β-unsaturated/α-hetero) is 1. The highest BCUT2D eigenvalue weighted by atomic mass is 35.5. The summed E-state index contributed by atoms with van der Waals surface area (Å²) < 4.78 is 0.552. The molecule has 4 aromatic rings. The molecule has 32 heavy (non-hydrogen) atoms. The number of carbonyl (C=O) groups is 2. The average Bonchev–Trinajstić information content (AvgIpc) is 3.39. The van der Waals surface area contributed by atoms with E-state index in [0.717, 1.165) is 15.4 Å². The van der Waals surface area contributed by atoms with Gasteiger partial charge in [0.2, 0.25) is 5.13 Å². The second-order valence-electron chi connectivity index (χ2n) is 6.44. The fourth-order valence-electron chi connectivity index (χ4n) is 2.76. The predicted octanol–water partition coefficient (Wildman–Crippen LogP) is 6.50. The number of anilines is 1. The molecule has 0 spiro atoms. The molecule has 0 saturated heterocycles. The number of aryl methyl sites for hydroxylation is 1. The van der Waals surface area contributed by atoms with E-state index in [1.54, 1.807) is 12.1 Å². The normalized spacial score (nSPS) is 10.8. The molecule has 0 aliphatic heterocycles. The van der Waals surface area contributed by atoms with E-state index in [1.165, 1.54) is 40.5 Å². The van der Waals surface area contributed by atoms with Gasteiger partial charge in [-0.05, 0) is 30.7 Å². The minimum Gasteiger partial charge on any atom is -0.295 e. The number of aromatic nitrogens is 3. The molecule has 11 heteroatoms. The van der Waals surface area contributed by atoms with E-state index in [-0.39, 0.29) is 17.4 Å². The summed E-state index contributed by atoms with van der Waals surface area (Å²) in [5.74, 6) is -0.374. The molecule has 6 nitrogen and oxygen atoms in total. The largest absolute Gasteiger partial charge is 0.295 e. The third kappa shape index (κ3) is 5.36. The summed E-state index contributed by atoms with van der Waals surface area (Å²) in [4.78, 5) is 30.4. The third-order valence-electron chi connectivity index (χ3n) is 4.17. The van der Waals surface area contributed by atoms with Crippen molar-refractivity contribution in [2.45, 2.75) is 11.3 Å². The van der Waals surface area contributed by atoms with Gasteiger partial charge in [-0.3, -0.25) is 14.9 Å². The number of benzene rings is 2. The minimum absolute atomic E-state index is 0.132. The van der Waals surface area contributed by atoms with Crippen LogP contribution in [0.2, 0.25) is 10.0 Å². The highest BCUT2D eigenvalue weighted by Gasteiger charge is 2.20. The van der Waals surface area contributed by atoms with Crippen LogP contribution in [0, 0.1) is 6.92 Å². The highest BCUT2D eigenvalue weighted by Crippen LogP contribution is 2.32. The molecule has 0 saturated carbocycles. The monoisotopic (exact) mass is 520 g/mol. The predicted molar refractivity (Wildman–Crippen MR) is 132 cm³/mol. The SMILES string of the molecule is Cc1nc(C(=O)Nc2nnc(SCC(=O)c3ccc(Cl)cc3Cl)s2)c(-c2ccccc2)s1. The molecule has 1 amide bonds. The van der Waals surface area contributed by atoms with Crippen molar-refractivity contribution >= 4 is 74.5 Å². The van der Waals surface area contributed by atoms with Gasteiger partial charge in [0.05, 0.1) is 20.7 Å². The molecule has 162 valence electrons. The number of amides is 1. The van der Waals surface area contributed by atoms with Crippen LogP contribution in [0.15, 0.2) is 52.9 Å². The molecule has 1 N–H and O–H groups in total. The molecule has 0 atom stereocenters. The Balaban J connectivity index is 1.42. The van der Waals surface area contributed by atoms with Crippen molar-refractivity contribution in [3.05, 3.63) is 74.8 Å². The van der Waals surface area contributed by atoms with Crippen LogP contribution in [0.4, 0.5) is 5.13 Å². The van der Waals surface area contributed by atoms with Gasteiger partial charge in [-0.1, -0.05) is 76.6 Å². The molecule has 0 unspecified atom stereocenters. The Morgan fingerprint density at radius 3 is 2.59 bits per heavy atom. The number of nitrogens with zero attached hydrogens (tertiary/aromatic N) is 3. The second kappa shape index (κ2) is 10.1. The number of nitrogens with one attached hydrogen (secondary N) is 1. The maximum atomic E-state index is 12.8. The lowest BCUT2D eigenvalue weighted by molar-refractivity contribution is 0.101. The van der Waals surface area contributed by atoms with E-state index in [2.05, 4.69) is 20.5 Å². The van der Waals surface area contributed by atoms with Crippen LogP contribution < -0.4 is 5.32 Å². The molecule has 0 fully saturated rings. The van der Waals surface area contributed by atoms with Crippen LogP contribution in [0.1, 0.15) is 25.9 Å². The Morgan fingerprint density at radius 1 is 1.06 bits per heavy atom. The van der Waals surface area contributed by atoms with Crippen LogP contribution in [0.5, 0.6) is 0 Å². The van der Waals surface area contributed by atoms with Crippen LogP contribution in [-0.2, 0) is 0 Å². The second-order valence-corrected chi connectivity index (χ2v) is 10.7. The van der Waals surface area contributed by atoms with Gasteiger partial charge in [-0.15, -0.1) is 21.5 Å². The zero-order chi connectivity index (χ0) is 22.7. The number of halogens is 2. The molecular weight excluding hydrogens is 507 g/mol. The summed E-state index contributed by atoms with van der Waals surface area (Å²) in [6.07, 6.45) is 0. The van der Waals surface area contributed by atoms with Crippen molar-refractivity contribution in [2.75, 3.05) is 11.1 Å². The van der Waals surface area contributed by atoms with Gasteiger partial charge in [-0.2, -0.15) is 0 Å². The smallest absolute Gasteiger partial charge is 0.277 e. The highest BCUT2D eigenvalue weighted by molar-refractivity contribution is 8.01. The van der Waals surface area contributed by atoms with E-state index in [9.17, 15) is 9.59 Å². The standard InChI is InChI=1S/C21H14Cl2N4O2S3/c1-11-24-17(18(31-11)12-5-3-2-4-6-12)19(29)25-20-26-27-21(32-20)30-10-16(28)14-8-7-13(22)9-15(14)23/h2-9H,10H2,1H3,(H,25,26,29). The zero-order valence-electron chi connectivity index (χ0n) is 16.5. The lowest BCUT2D eigenvalue weighted by Gasteiger charge is -2.03. The van der Waals surface area contributed by atoms with Crippen molar-refractivity contribution in [2.24, 2.45) is 0 Å². The van der Waals surface area contributed by atoms with Crippen molar-refractivity contribution in [1.82, 2.24) is 15.2 Å². The number of ketones is 1. The fraction of sp³-hybridized carbons (Fsp3) is 0.0952. The molecule has 0 aliphatic rings. The Kier molecular flexibility index (Phi) is 7.22. The van der Waals surface area contributed by atoms with Crippen molar-refractivity contribution in [3.8, 4) is 10.4 Å². The molecule has 2 aromatic heterocycles. The van der Waals surface area contributed by atoms with Gasteiger partial charge in [0.15, 0.2) is 10.1 Å². The Labute approximate surface area is 206 Å². The molecule has 2 heterocycles. The first-order valence-electron chi connectivity index (χ1n) is 9.19. The van der Waals surface area contributed by atoms with Gasteiger partial charge >= 0.3 is 0 Å². The van der Waals surface area contributed by atoms with Gasteiger partial charge < -0.3 is 0 Å². The first-order valence-corrected chi connectivity index (χ1v) is 12.6. The number of carbonyl (C=O) groups excluding carboxylic acids is 2. The maximum absolute atomic E-state index is 12.8. The van der Waals surface area contributed by atoms with E-state index in [4.69, 9.17) is 23.2 Å². The summed E-state index contributed by atoms with van der Waals surface area (Å²) in [7, 11) is 0. The molecule has 4 rings (SSSR count). The van der Waals surface area contributed by atoms with E-state index < -0.39 is 0 Å². The van der Waals surface area contributed by atoms with Crippen LogP contribution in [0.25, 0.3) is 10.4 Å². The fourth-order valence-corrected chi connectivity index (χ4v) is 5.83. The third-order valence-corrected chi connectivity index (χ3v) is 7.71. The number of hydrogen-bond donors (Lipinski definition) is 1. The lowest BCUT2D eigenvalue weighted by atomic mass is 10.1. The van der Waals surface area contributed by atoms with E-state index >= 15 is 0 Å². The van der Waals surface area contributed by atoms with Crippen molar-refractivity contribution in [1.29, 1.82) is 0 Å². The minimum atomic E-state index is -0.357. The summed E-state index contributed by atoms with van der Waals surface area (Å²) in [5, 5.41) is 12.7. The molecule has 0 bridgehead atoms. The van der Waals surface area contributed by atoms with Gasteiger partial charge in [0.25, 0.3) is 5.91 Å². The first kappa shape index (κ1) is 22.9. The molecule has 2 aromatic carbocycles. The van der Waals surface area contributed by atoms with Gasteiger partial charge in [0.1, 0.15) is 5.69 Å². The van der Waals surface area contributed by atoms with Crippen LogP contribution >= 0.6 is 57.6 Å². The molecule has 0 radical (unpaired) electrons. The van der Waals surface area contributed by atoms with Crippen LogP contribution in [0.3, 0.4) is 0 Å². The zero-order valence-corrected chi connectivity index (χ0v) is 20.4. The molecule has 0 aliphatic carbocycles. The lowest BCUT2D eigenvalue weighted by Crippen LogP contribution is -2.13. The quantitative estimate of drug-likeness (QED) is 0.170.